The molecule has 0 amide bonds. The lowest BCUT2D eigenvalue weighted by Crippen LogP contribution is -2.28. The van der Waals surface area contributed by atoms with Crippen LogP contribution in [0.3, 0.4) is 0 Å². The third kappa shape index (κ3) is 1.21. The van der Waals surface area contributed by atoms with E-state index < -0.39 is 0 Å². The van der Waals surface area contributed by atoms with Crippen LogP contribution in [0, 0.1) is 6.92 Å². The Hall–Kier alpha value is -1.82. The second kappa shape index (κ2) is 3.58. The monoisotopic (exact) mass is 232 g/mol. The van der Waals surface area contributed by atoms with E-state index in [-0.39, 0.29) is 0 Å². The van der Waals surface area contributed by atoms with Gasteiger partial charge in [-0.3, -0.25) is 0 Å². The minimum Gasteiger partial charge on any atom is -0.0763 e. The van der Waals surface area contributed by atoms with Gasteiger partial charge in [0.05, 0.1) is 0 Å². The van der Waals surface area contributed by atoms with Gasteiger partial charge in [0.15, 0.2) is 0 Å². The van der Waals surface area contributed by atoms with Gasteiger partial charge in [0.2, 0.25) is 0 Å². The first-order chi connectivity index (χ1) is 8.86. The molecule has 0 atom stereocenters. The summed E-state index contributed by atoms with van der Waals surface area (Å²) in [5.74, 6) is 0. The van der Waals surface area contributed by atoms with E-state index in [0.717, 1.165) is 0 Å². The Morgan fingerprint density at radius 1 is 0.889 bits per heavy atom. The Labute approximate surface area is 107 Å². The summed E-state index contributed by atoms with van der Waals surface area (Å²) < 4.78 is 0. The zero-order valence-electron chi connectivity index (χ0n) is 10.7. The van der Waals surface area contributed by atoms with Crippen molar-refractivity contribution in [3.05, 3.63) is 58.0 Å². The highest BCUT2D eigenvalue weighted by atomic mass is 14.2. The average molecular weight is 232 g/mol. The lowest BCUT2D eigenvalue weighted by molar-refractivity contribution is 0.910. The van der Waals surface area contributed by atoms with Crippen molar-refractivity contribution in [2.24, 2.45) is 0 Å². The second-order valence-electron chi connectivity index (χ2n) is 5.34. The van der Waals surface area contributed by atoms with E-state index in [1.807, 2.05) is 0 Å². The van der Waals surface area contributed by atoms with Crippen LogP contribution in [-0.4, -0.2) is 0 Å². The van der Waals surface area contributed by atoms with Gasteiger partial charge in [0.25, 0.3) is 0 Å². The number of fused-ring (bicyclic) bond motifs is 3. The summed E-state index contributed by atoms with van der Waals surface area (Å²) in [7, 11) is 0. The summed E-state index contributed by atoms with van der Waals surface area (Å²) in [6, 6.07) is 13.4. The molecule has 0 spiro atoms. The van der Waals surface area contributed by atoms with Crippen molar-refractivity contribution in [3.63, 3.8) is 0 Å². The molecule has 0 heterocycles. The molecule has 2 aliphatic rings. The maximum atomic E-state index is 2.44. The van der Waals surface area contributed by atoms with Crippen molar-refractivity contribution >= 4 is 11.6 Å². The molecule has 0 bridgehead atoms. The summed E-state index contributed by atoms with van der Waals surface area (Å²) in [5.41, 5.74) is 7.34. The lowest BCUT2D eigenvalue weighted by Gasteiger charge is -2.04. The first-order valence-electron chi connectivity index (χ1n) is 6.79. The number of aryl methyl sites for hydroxylation is 1. The van der Waals surface area contributed by atoms with Crippen LogP contribution in [0.15, 0.2) is 36.4 Å². The van der Waals surface area contributed by atoms with E-state index in [4.69, 9.17) is 0 Å². The average Bonchev–Trinajstić information content (AvgIpc) is 2.57. The minimum atomic E-state index is 1.21. The molecule has 88 valence electrons. The highest BCUT2D eigenvalue weighted by molar-refractivity contribution is 5.89. The Balaban J connectivity index is 2.26. The zero-order chi connectivity index (χ0) is 12.1. The molecule has 0 aromatic heterocycles. The highest BCUT2D eigenvalue weighted by Crippen LogP contribution is 2.34. The standard InChI is InChI=1S/C18H16/c1-12-10-11-17-15-8-4-3-7-14(15)16-9-5-2-6-13(12)18(16)17/h3-4,6-8,10-11H,2,5,9H2,1H3. The van der Waals surface area contributed by atoms with Gasteiger partial charge in [-0.05, 0) is 64.5 Å². The predicted octanol–water partition coefficient (Wildman–Crippen LogP) is 3.14. The number of rotatable bonds is 0. The molecule has 0 unspecified atom stereocenters. The van der Waals surface area contributed by atoms with E-state index in [0.29, 0.717) is 0 Å². The van der Waals surface area contributed by atoms with Crippen molar-refractivity contribution in [2.75, 3.05) is 0 Å². The van der Waals surface area contributed by atoms with E-state index in [2.05, 4.69) is 49.4 Å². The Kier molecular flexibility index (Phi) is 2.02. The topological polar surface area (TPSA) is 0 Å². The quantitative estimate of drug-likeness (QED) is 0.654. The molecule has 0 saturated heterocycles. The number of hydrogen-bond donors (Lipinski definition) is 0. The molecular formula is C18H16. The van der Waals surface area contributed by atoms with E-state index in [9.17, 15) is 0 Å². The van der Waals surface area contributed by atoms with E-state index >= 15 is 0 Å². The molecule has 2 aromatic carbocycles. The van der Waals surface area contributed by atoms with Crippen LogP contribution in [0.5, 0.6) is 0 Å². The second-order valence-corrected chi connectivity index (χ2v) is 5.34. The third-order valence-corrected chi connectivity index (χ3v) is 4.29. The molecule has 0 aliphatic heterocycles. The molecular weight excluding hydrogens is 216 g/mol. The molecule has 0 N–H and O–H groups in total. The lowest BCUT2D eigenvalue weighted by atomic mass is 10.00. The third-order valence-electron chi connectivity index (χ3n) is 4.29. The van der Waals surface area contributed by atoms with Crippen LogP contribution in [0.1, 0.15) is 30.4 Å². The summed E-state index contributed by atoms with van der Waals surface area (Å²) in [5, 5.41) is 3.00. The van der Waals surface area contributed by atoms with Gasteiger partial charge in [-0.15, -0.1) is 0 Å². The summed E-state index contributed by atoms with van der Waals surface area (Å²) in [4.78, 5) is 0. The highest BCUT2D eigenvalue weighted by Gasteiger charge is 2.20. The maximum absolute atomic E-state index is 2.44. The van der Waals surface area contributed by atoms with Gasteiger partial charge in [-0.1, -0.05) is 42.5 Å². The van der Waals surface area contributed by atoms with Crippen LogP contribution < -0.4 is 10.4 Å². The van der Waals surface area contributed by atoms with Crippen LogP contribution in [-0.2, 0) is 0 Å². The minimum absolute atomic E-state index is 1.21. The van der Waals surface area contributed by atoms with Gasteiger partial charge >= 0.3 is 0 Å². The van der Waals surface area contributed by atoms with Gasteiger partial charge in [-0.25, -0.2) is 0 Å². The molecule has 18 heavy (non-hydrogen) atoms. The molecule has 0 radical (unpaired) electrons. The molecule has 0 fully saturated rings. The normalized spacial score (nSPS) is 15.7. The molecule has 0 heteroatoms. The molecule has 4 rings (SSSR count). The van der Waals surface area contributed by atoms with Crippen LogP contribution in [0.2, 0.25) is 0 Å². The van der Waals surface area contributed by atoms with Gasteiger partial charge in [0.1, 0.15) is 0 Å². The first kappa shape index (κ1) is 10.1. The van der Waals surface area contributed by atoms with Crippen molar-refractivity contribution < 1.29 is 0 Å². The Morgan fingerprint density at radius 3 is 2.61 bits per heavy atom. The van der Waals surface area contributed by atoms with Crippen molar-refractivity contribution in [2.45, 2.75) is 26.2 Å². The predicted molar refractivity (Wildman–Crippen MR) is 76.7 cm³/mol. The molecule has 0 saturated carbocycles. The van der Waals surface area contributed by atoms with Crippen LogP contribution in [0.4, 0.5) is 0 Å². The number of hydrogen-bond acceptors (Lipinski definition) is 0. The first-order valence-corrected chi connectivity index (χ1v) is 6.79. The van der Waals surface area contributed by atoms with Crippen LogP contribution >= 0.6 is 0 Å². The maximum Gasteiger partial charge on any atom is -0.00674 e. The van der Waals surface area contributed by atoms with Crippen LogP contribution in [0.25, 0.3) is 22.8 Å². The summed E-state index contributed by atoms with van der Waals surface area (Å²) in [6.45, 7) is 2.23. The fraction of sp³-hybridized carbons (Fsp3) is 0.222. The smallest absolute Gasteiger partial charge is 0.00674 e. The molecule has 0 nitrogen and oxygen atoms in total. The zero-order valence-corrected chi connectivity index (χ0v) is 10.7. The van der Waals surface area contributed by atoms with Crippen molar-refractivity contribution in [1.82, 2.24) is 0 Å². The van der Waals surface area contributed by atoms with Crippen molar-refractivity contribution in [3.8, 4) is 11.1 Å². The van der Waals surface area contributed by atoms with Gasteiger partial charge in [-0.2, -0.15) is 0 Å². The fourth-order valence-electron chi connectivity index (χ4n) is 3.44. The number of benzene rings is 2. The van der Waals surface area contributed by atoms with E-state index in [1.165, 1.54) is 52.0 Å². The van der Waals surface area contributed by atoms with Gasteiger partial charge < -0.3 is 0 Å². The summed E-state index contributed by atoms with van der Waals surface area (Å²) in [6.07, 6.45) is 6.14. The molecule has 2 aromatic rings. The largest absolute Gasteiger partial charge is 0.0763 e. The fourth-order valence-corrected chi connectivity index (χ4v) is 3.44. The SMILES string of the molecule is Cc1ccc2c3c1=CCCCC=3c1ccccc1-2. The molecule has 2 aliphatic carbocycles. The Morgan fingerprint density at radius 2 is 1.72 bits per heavy atom. The summed E-state index contributed by atoms with van der Waals surface area (Å²) >= 11 is 0. The van der Waals surface area contributed by atoms with Crippen molar-refractivity contribution in [1.29, 1.82) is 0 Å². The van der Waals surface area contributed by atoms with Gasteiger partial charge in [0, 0.05) is 0 Å². The Bertz CT molecular complexity index is 763. The van der Waals surface area contributed by atoms with E-state index in [1.54, 1.807) is 5.57 Å².